The van der Waals surface area contributed by atoms with Gasteiger partial charge in [-0.05, 0) is 50.0 Å². The third-order valence-electron chi connectivity index (χ3n) is 3.33. The number of aromatic nitrogens is 1. The van der Waals surface area contributed by atoms with Gasteiger partial charge in [0, 0.05) is 18.9 Å². The minimum absolute atomic E-state index is 0.263. The van der Waals surface area contributed by atoms with Crippen molar-refractivity contribution in [3.05, 3.63) is 29.6 Å². The van der Waals surface area contributed by atoms with Crippen molar-refractivity contribution in [2.24, 2.45) is 0 Å². The first kappa shape index (κ1) is 13.5. The van der Waals surface area contributed by atoms with Crippen LogP contribution in [-0.4, -0.2) is 31.7 Å². The summed E-state index contributed by atoms with van der Waals surface area (Å²) >= 11 is 0. The number of piperidine rings is 1. The van der Waals surface area contributed by atoms with Crippen molar-refractivity contribution in [3.8, 4) is 0 Å². The summed E-state index contributed by atoms with van der Waals surface area (Å²) in [6.45, 7) is 3.83. The highest BCUT2D eigenvalue weighted by molar-refractivity contribution is 7.90. The van der Waals surface area contributed by atoms with Crippen LogP contribution in [0.25, 0.3) is 0 Å². The van der Waals surface area contributed by atoms with Gasteiger partial charge in [0.1, 0.15) is 0 Å². The van der Waals surface area contributed by atoms with Gasteiger partial charge < -0.3 is 5.32 Å². The molecule has 18 heavy (non-hydrogen) atoms. The van der Waals surface area contributed by atoms with Crippen LogP contribution in [0.2, 0.25) is 0 Å². The van der Waals surface area contributed by atoms with Crippen molar-refractivity contribution in [2.45, 2.75) is 31.6 Å². The summed E-state index contributed by atoms with van der Waals surface area (Å²) in [7, 11) is -3.21. The summed E-state index contributed by atoms with van der Waals surface area (Å²) in [4.78, 5) is 3.99. The lowest BCUT2D eigenvalue weighted by atomic mass is 10.2. The van der Waals surface area contributed by atoms with E-state index in [1.165, 1.54) is 0 Å². The Morgan fingerprint density at radius 1 is 1.44 bits per heavy atom. The fourth-order valence-electron chi connectivity index (χ4n) is 2.10. The molecule has 2 N–H and O–H groups in total. The van der Waals surface area contributed by atoms with Crippen molar-refractivity contribution in [3.63, 3.8) is 0 Å². The molecule has 2 rings (SSSR count). The van der Waals surface area contributed by atoms with Gasteiger partial charge >= 0.3 is 0 Å². The first-order valence-corrected chi connectivity index (χ1v) is 7.73. The predicted octanol–water partition coefficient (Wildman–Crippen LogP) is 0.561. The van der Waals surface area contributed by atoms with E-state index in [0.717, 1.165) is 24.2 Å². The van der Waals surface area contributed by atoms with E-state index in [1.807, 2.05) is 13.0 Å². The largest absolute Gasteiger partial charge is 0.317 e. The molecule has 2 heterocycles. The zero-order valence-corrected chi connectivity index (χ0v) is 11.3. The van der Waals surface area contributed by atoms with Crippen LogP contribution in [0.1, 0.15) is 24.0 Å². The van der Waals surface area contributed by atoms with Crippen LogP contribution in [0.4, 0.5) is 0 Å². The smallest absolute Gasteiger partial charge is 0.214 e. The predicted molar refractivity (Wildman–Crippen MR) is 70.6 cm³/mol. The SMILES string of the molecule is Cc1cnccc1CNS(=O)(=O)C1CCNCC1. The van der Waals surface area contributed by atoms with Gasteiger partial charge in [0.15, 0.2) is 0 Å². The van der Waals surface area contributed by atoms with Crippen LogP contribution in [-0.2, 0) is 16.6 Å². The van der Waals surface area contributed by atoms with Crippen LogP contribution in [0, 0.1) is 6.92 Å². The van der Waals surface area contributed by atoms with Crippen LogP contribution in [0.15, 0.2) is 18.5 Å². The highest BCUT2D eigenvalue weighted by Crippen LogP contribution is 2.13. The zero-order valence-electron chi connectivity index (χ0n) is 10.5. The molecule has 1 aliphatic heterocycles. The summed E-state index contributed by atoms with van der Waals surface area (Å²) < 4.78 is 26.9. The molecule has 1 aromatic heterocycles. The molecule has 6 heteroatoms. The molecule has 0 atom stereocenters. The quantitative estimate of drug-likeness (QED) is 0.838. The molecule has 1 saturated heterocycles. The van der Waals surface area contributed by atoms with E-state index in [4.69, 9.17) is 0 Å². The summed E-state index contributed by atoms with van der Waals surface area (Å²) in [5, 5.41) is 2.91. The van der Waals surface area contributed by atoms with Crippen molar-refractivity contribution < 1.29 is 8.42 Å². The Balaban J connectivity index is 1.98. The van der Waals surface area contributed by atoms with Gasteiger partial charge in [0.2, 0.25) is 10.0 Å². The van der Waals surface area contributed by atoms with Gasteiger partial charge in [0.25, 0.3) is 0 Å². The summed E-state index contributed by atoms with van der Waals surface area (Å²) in [6, 6.07) is 1.85. The molecule has 0 amide bonds. The standard InChI is InChI=1S/C12H19N3O2S/c1-10-8-14-5-2-11(10)9-15-18(16,17)12-3-6-13-7-4-12/h2,5,8,12-13,15H,3-4,6-7,9H2,1H3. The van der Waals surface area contributed by atoms with Crippen molar-refractivity contribution in [1.29, 1.82) is 0 Å². The van der Waals surface area contributed by atoms with Gasteiger partial charge in [0.05, 0.1) is 5.25 Å². The van der Waals surface area contributed by atoms with E-state index in [2.05, 4.69) is 15.0 Å². The average Bonchev–Trinajstić information content (AvgIpc) is 2.39. The van der Waals surface area contributed by atoms with Gasteiger partial charge in [-0.25, -0.2) is 13.1 Å². The first-order chi connectivity index (χ1) is 8.59. The fourth-order valence-corrected chi connectivity index (χ4v) is 3.55. The lowest BCUT2D eigenvalue weighted by Gasteiger charge is -2.23. The Kier molecular flexibility index (Phi) is 4.31. The average molecular weight is 269 g/mol. The number of nitrogens with zero attached hydrogens (tertiary/aromatic N) is 1. The summed E-state index contributed by atoms with van der Waals surface area (Å²) in [5.41, 5.74) is 1.98. The number of pyridine rings is 1. The molecule has 5 nitrogen and oxygen atoms in total. The number of rotatable bonds is 4. The fraction of sp³-hybridized carbons (Fsp3) is 0.583. The highest BCUT2D eigenvalue weighted by Gasteiger charge is 2.26. The van der Waals surface area contributed by atoms with Crippen molar-refractivity contribution in [1.82, 2.24) is 15.0 Å². The number of nitrogens with one attached hydrogen (secondary N) is 2. The minimum atomic E-state index is -3.21. The van der Waals surface area contributed by atoms with Crippen molar-refractivity contribution in [2.75, 3.05) is 13.1 Å². The Morgan fingerprint density at radius 2 is 2.17 bits per heavy atom. The Labute approximate surface area is 108 Å². The Bertz CT molecular complexity index is 496. The summed E-state index contributed by atoms with van der Waals surface area (Å²) in [5.74, 6) is 0. The lowest BCUT2D eigenvalue weighted by molar-refractivity contribution is 0.489. The molecule has 0 aliphatic carbocycles. The van der Waals surface area contributed by atoms with Crippen LogP contribution >= 0.6 is 0 Å². The Morgan fingerprint density at radius 3 is 2.83 bits per heavy atom. The molecule has 1 fully saturated rings. The van der Waals surface area contributed by atoms with E-state index in [1.54, 1.807) is 12.4 Å². The van der Waals surface area contributed by atoms with Crippen LogP contribution in [0.5, 0.6) is 0 Å². The third kappa shape index (κ3) is 3.28. The zero-order chi connectivity index (χ0) is 13.0. The van der Waals surface area contributed by atoms with Crippen LogP contribution in [0.3, 0.4) is 0 Å². The van der Waals surface area contributed by atoms with Gasteiger partial charge in [-0.3, -0.25) is 4.98 Å². The van der Waals surface area contributed by atoms with Crippen LogP contribution < -0.4 is 10.0 Å². The monoisotopic (exact) mass is 269 g/mol. The topological polar surface area (TPSA) is 71.1 Å². The van der Waals surface area contributed by atoms with E-state index in [9.17, 15) is 8.42 Å². The highest BCUT2D eigenvalue weighted by atomic mass is 32.2. The Hall–Kier alpha value is -0.980. The maximum Gasteiger partial charge on any atom is 0.214 e. The first-order valence-electron chi connectivity index (χ1n) is 6.18. The number of hydrogen-bond donors (Lipinski definition) is 2. The van der Waals surface area contributed by atoms with E-state index < -0.39 is 10.0 Å². The molecular weight excluding hydrogens is 250 g/mol. The van der Waals surface area contributed by atoms with Gasteiger partial charge in [-0.1, -0.05) is 0 Å². The maximum atomic E-state index is 12.1. The normalized spacial score (nSPS) is 17.8. The molecule has 1 aliphatic rings. The number of sulfonamides is 1. The molecular formula is C12H19N3O2S. The molecule has 0 spiro atoms. The van der Waals surface area contributed by atoms with Gasteiger partial charge in [-0.15, -0.1) is 0 Å². The van der Waals surface area contributed by atoms with Gasteiger partial charge in [-0.2, -0.15) is 0 Å². The van der Waals surface area contributed by atoms with E-state index in [-0.39, 0.29) is 5.25 Å². The molecule has 1 aromatic rings. The summed E-state index contributed by atoms with van der Waals surface area (Å²) in [6.07, 6.45) is 4.80. The molecule has 100 valence electrons. The minimum Gasteiger partial charge on any atom is -0.317 e. The molecule has 0 unspecified atom stereocenters. The second-order valence-corrected chi connectivity index (χ2v) is 6.66. The molecule has 0 bridgehead atoms. The second-order valence-electron chi connectivity index (χ2n) is 4.62. The number of hydrogen-bond acceptors (Lipinski definition) is 4. The maximum absolute atomic E-state index is 12.1. The second kappa shape index (κ2) is 5.77. The van der Waals surface area contributed by atoms with E-state index in [0.29, 0.717) is 19.4 Å². The lowest BCUT2D eigenvalue weighted by Crippen LogP contribution is -2.41. The molecule has 0 saturated carbocycles. The third-order valence-corrected chi connectivity index (χ3v) is 5.22. The van der Waals surface area contributed by atoms with E-state index >= 15 is 0 Å². The molecule has 0 aromatic carbocycles. The molecule has 0 radical (unpaired) electrons. The van der Waals surface area contributed by atoms with Crippen molar-refractivity contribution >= 4 is 10.0 Å². The number of aryl methyl sites for hydroxylation is 1.